The van der Waals surface area contributed by atoms with Gasteiger partial charge in [-0.2, -0.15) is 15.4 Å². The quantitative estimate of drug-likeness (QED) is 0.840. The number of rotatable bonds is 3. The Labute approximate surface area is 97.5 Å². The van der Waals surface area contributed by atoms with Gasteiger partial charge in [-0.3, -0.25) is 0 Å². The minimum Gasteiger partial charge on any atom is -0.306 e. The third-order valence-corrected chi connectivity index (χ3v) is 2.82. The average Bonchev–Trinajstić information content (AvgIpc) is 2.84. The smallest absolute Gasteiger partial charge is 0.169 e. The van der Waals surface area contributed by atoms with Crippen molar-refractivity contribution in [2.75, 3.05) is 0 Å². The van der Waals surface area contributed by atoms with E-state index in [0.717, 1.165) is 22.3 Å². The average molecular weight is 238 g/mol. The van der Waals surface area contributed by atoms with Crippen LogP contribution in [0.3, 0.4) is 0 Å². The van der Waals surface area contributed by atoms with E-state index in [4.69, 9.17) is 0 Å². The molecule has 2 heterocycles. The summed E-state index contributed by atoms with van der Waals surface area (Å²) in [4.78, 5) is 0. The summed E-state index contributed by atoms with van der Waals surface area (Å²) in [6.07, 6.45) is 1.64. The first kappa shape index (κ1) is 11.2. The summed E-state index contributed by atoms with van der Waals surface area (Å²) in [5, 5.41) is 23.5. The molecule has 0 atom stereocenters. The molecular weight excluding hydrogens is 224 g/mol. The van der Waals surface area contributed by atoms with Gasteiger partial charge >= 0.3 is 0 Å². The van der Waals surface area contributed by atoms with Crippen molar-refractivity contribution < 1.29 is 0 Å². The van der Waals surface area contributed by atoms with Gasteiger partial charge in [0.2, 0.25) is 0 Å². The Balaban J connectivity index is 2.03. The maximum absolute atomic E-state index is 4.10. The van der Waals surface area contributed by atoms with Crippen molar-refractivity contribution in [3.05, 3.63) is 11.2 Å². The van der Waals surface area contributed by atoms with Crippen LogP contribution in [0.4, 0.5) is 0 Å². The molecule has 0 aliphatic heterocycles. The number of hydrogen-bond acceptors (Lipinski definition) is 6. The Hall–Kier alpha value is -1.34. The lowest BCUT2D eigenvalue weighted by Crippen LogP contribution is -2.35. The summed E-state index contributed by atoms with van der Waals surface area (Å²) < 4.78 is 0. The number of H-pyrrole nitrogens is 1. The lowest BCUT2D eigenvalue weighted by Gasteiger charge is -2.19. The Kier molecular flexibility index (Phi) is 2.97. The van der Waals surface area contributed by atoms with Gasteiger partial charge in [-0.05, 0) is 20.8 Å². The maximum Gasteiger partial charge on any atom is 0.169 e. The molecular formula is C9H14N6S. The van der Waals surface area contributed by atoms with E-state index in [1.165, 1.54) is 11.3 Å². The molecule has 0 amide bonds. The van der Waals surface area contributed by atoms with E-state index in [9.17, 15) is 0 Å². The van der Waals surface area contributed by atoms with Crippen molar-refractivity contribution >= 4 is 11.3 Å². The van der Waals surface area contributed by atoms with Gasteiger partial charge in [-0.1, -0.05) is 11.3 Å². The van der Waals surface area contributed by atoms with Crippen molar-refractivity contribution in [1.82, 2.24) is 30.9 Å². The highest BCUT2D eigenvalue weighted by molar-refractivity contribution is 7.14. The second-order valence-electron chi connectivity index (χ2n) is 4.46. The van der Waals surface area contributed by atoms with Gasteiger partial charge in [-0.15, -0.1) is 10.2 Å². The van der Waals surface area contributed by atoms with Crippen LogP contribution in [0.1, 0.15) is 25.8 Å². The molecule has 0 bridgehead atoms. The zero-order valence-electron chi connectivity index (χ0n) is 9.48. The van der Waals surface area contributed by atoms with Crippen LogP contribution in [0.5, 0.6) is 0 Å². The molecule has 86 valence electrons. The number of hydrogen-bond donors (Lipinski definition) is 2. The van der Waals surface area contributed by atoms with Gasteiger partial charge < -0.3 is 5.32 Å². The first-order chi connectivity index (χ1) is 7.54. The first-order valence-corrected chi connectivity index (χ1v) is 5.80. The Morgan fingerprint density at radius 3 is 2.81 bits per heavy atom. The largest absolute Gasteiger partial charge is 0.306 e. The van der Waals surface area contributed by atoms with Gasteiger partial charge in [0.15, 0.2) is 5.01 Å². The Bertz CT molecular complexity index is 441. The molecule has 16 heavy (non-hydrogen) atoms. The molecule has 2 rings (SSSR count). The minimum absolute atomic E-state index is 0.0831. The highest BCUT2D eigenvalue weighted by Gasteiger charge is 2.12. The van der Waals surface area contributed by atoms with Crippen molar-refractivity contribution in [1.29, 1.82) is 0 Å². The maximum atomic E-state index is 4.10. The van der Waals surface area contributed by atoms with Crippen LogP contribution < -0.4 is 5.32 Å². The highest BCUT2D eigenvalue weighted by Crippen LogP contribution is 2.20. The van der Waals surface area contributed by atoms with E-state index >= 15 is 0 Å². The van der Waals surface area contributed by atoms with Gasteiger partial charge in [0.05, 0.1) is 12.7 Å². The van der Waals surface area contributed by atoms with Crippen molar-refractivity contribution in [2.24, 2.45) is 0 Å². The third-order valence-electron chi connectivity index (χ3n) is 1.87. The second-order valence-corrected chi connectivity index (χ2v) is 5.52. The zero-order chi connectivity index (χ0) is 11.6. The number of aromatic amines is 1. The molecule has 2 aromatic heterocycles. The normalized spacial score (nSPS) is 11.9. The summed E-state index contributed by atoms with van der Waals surface area (Å²) in [5.74, 6) is 0. The molecule has 2 aromatic rings. The van der Waals surface area contributed by atoms with Crippen LogP contribution in [0, 0.1) is 0 Å². The Morgan fingerprint density at radius 2 is 2.19 bits per heavy atom. The van der Waals surface area contributed by atoms with E-state index in [2.05, 4.69) is 51.7 Å². The summed E-state index contributed by atoms with van der Waals surface area (Å²) in [5.41, 5.74) is 0.819. The highest BCUT2D eigenvalue weighted by atomic mass is 32.1. The molecule has 6 nitrogen and oxygen atoms in total. The second kappa shape index (κ2) is 4.26. The van der Waals surface area contributed by atoms with E-state index < -0.39 is 0 Å². The summed E-state index contributed by atoms with van der Waals surface area (Å²) in [7, 11) is 0. The Morgan fingerprint density at radius 1 is 1.38 bits per heavy atom. The van der Waals surface area contributed by atoms with Crippen molar-refractivity contribution in [3.8, 4) is 10.7 Å². The molecule has 0 saturated heterocycles. The molecule has 0 fully saturated rings. The molecule has 0 aliphatic carbocycles. The van der Waals surface area contributed by atoms with E-state index in [0.29, 0.717) is 0 Å². The fraction of sp³-hybridized carbons (Fsp3) is 0.556. The van der Waals surface area contributed by atoms with E-state index in [-0.39, 0.29) is 5.54 Å². The molecule has 0 aromatic carbocycles. The summed E-state index contributed by atoms with van der Waals surface area (Å²) >= 11 is 1.52. The molecule has 0 radical (unpaired) electrons. The van der Waals surface area contributed by atoms with Gasteiger partial charge in [0, 0.05) is 5.54 Å². The van der Waals surface area contributed by atoms with Crippen LogP contribution in [0.25, 0.3) is 10.7 Å². The molecule has 0 aliphatic rings. The minimum atomic E-state index is 0.0831. The van der Waals surface area contributed by atoms with E-state index in [1.807, 2.05) is 0 Å². The molecule has 0 unspecified atom stereocenters. The van der Waals surface area contributed by atoms with Crippen molar-refractivity contribution in [3.63, 3.8) is 0 Å². The number of aromatic nitrogens is 5. The predicted molar refractivity (Wildman–Crippen MR) is 61.9 cm³/mol. The summed E-state index contributed by atoms with van der Waals surface area (Å²) in [6, 6.07) is 0. The van der Waals surface area contributed by atoms with E-state index in [1.54, 1.807) is 6.20 Å². The van der Waals surface area contributed by atoms with Crippen LogP contribution in [0.2, 0.25) is 0 Å². The number of nitrogens with one attached hydrogen (secondary N) is 2. The molecule has 7 heteroatoms. The lowest BCUT2D eigenvalue weighted by atomic mass is 10.1. The van der Waals surface area contributed by atoms with Gasteiger partial charge in [0.1, 0.15) is 10.7 Å². The van der Waals surface area contributed by atoms with Crippen LogP contribution in [0.15, 0.2) is 6.20 Å². The first-order valence-electron chi connectivity index (χ1n) is 4.98. The van der Waals surface area contributed by atoms with Crippen LogP contribution >= 0.6 is 11.3 Å². The van der Waals surface area contributed by atoms with Gasteiger partial charge in [-0.25, -0.2) is 0 Å². The summed E-state index contributed by atoms with van der Waals surface area (Å²) in [6.45, 7) is 7.07. The fourth-order valence-corrected chi connectivity index (χ4v) is 1.81. The number of nitrogens with zero attached hydrogens (tertiary/aromatic N) is 4. The van der Waals surface area contributed by atoms with Crippen LogP contribution in [-0.2, 0) is 6.54 Å². The molecule has 0 saturated carbocycles. The standard InChI is InChI=1S/C9H14N6S/c1-9(2,3)10-5-7-13-14-8(16-7)6-4-11-15-12-6/h4,10H,5H2,1-3H3,(H,11,12,15). The lowest BCUT2D eigenvalue weighted by molar-refractivity contribution is 0.423. The molecule has 2 N–H and O–H groups in total. The van der Waals surface area contributed by atoms with Gasteiger partial charge in [0.25, 0.3) is 0 Å². The SMILES string of the molecule is CC(C)(C)NCc1nnc(-c2cn[nH]n2)s1. The zero-order valence-corrected chi connectivity index (χ0v) is 10.3. The predicted octanol–water partition coefficient (Wildman–Crippen LogP) is 1.21. The third kappa shape index (κ3) is 2.83. The monoisotopic (exact) mass is 238 g/mol. The molecule has 0 spiro atoms. The van der Waals surface area contributed by atoms with Crippen molar-refractivity contribution in [2.45, 2.75) is 32.9 Å². The topological polar surface area (TPSA) is 79.4 Å². The van der Waals surface area contributed by atoms with Crippen LogP contribution in [-0.4, -0.2) is 31.1 Å². The fourth-order valence-electron chi connectivity index (χ4n) is 1.07.